The first kappa shape index (κ1) is 12.1. The number of halogens is 1. The van der Waals surface area contributed by atoms with Gasteiger partial charge in [-0.15, -0.1) is 0 Å². The van der Waals surface area contributed by atoms with Gasteiger partial charge in [0.1, 0.15) is 0 Å². The normalized spacial score (nSPS) is 14.6. The number of nitrogens with two attached hydrogens (primary N) is 1. The van der Waals surface area contributed by atoms with Crippen LogP contribution < -0.4 is 5.73 Å². The van der Waals surface area contributed by atoms with Crippen molar-refractivity contribution in [2.45, 2.75) is 25.8 Å². The summed E-state index contributed by atoms with van der Waals surface area (Å²) < 4.78 is 5.19. The Balaban J connectivity index is 2.36. The lowest BCUT2D eigenvalue weighted by molar-refractivity contribution is 0.379. The molecule has 2 rings (SSSR count). The van der Waals surface area contributed by atoms with E-state index in [0.717, 1.165) is 12.0 Å². The standard InChI is InChI=1S/C12H14ClN3O/c1-3-12(2,14)11-15-10(17-16-11)8-5-4-6-9(13)7-8/h4-7H,3,14H2,1-2H3. The molecule has 2 N–H and O–H groups in total. The average Bonchev–Trinajstić information content (AvgIpc) is 2.79. The number of rotatable bonds is 3. The van der Waals surface area contributed by atoms with Gasteiger partial charge in [0.05, 0.1) is 5.54 Å². The molecule has 0 radical (unpaired) electrons. The van der Waals surface area contributed by atoms with E-state index in [-0.39, 0.29) is 0 Å². The topological polar surface area (TPSA) is 64.9 Å². The van der Waals surface area contributed by atoms with E-state index < -0.39 is 5.54 Å². The lowest BCUT2D eigenvalue weighted by Gasteiger charge is -2.16. The van der Waals surface area contributed by atoms with Gasteiger partial charge in [-0.05, 0) is 31.5 Å². The minimum Gasteiger partial charge on any atom is -0.334 e. The SMILES string of the molecule is CCC(C)(N)c1noc(-c2cccc(Cl)c2)n1. The zero-order valence-corrected chi connectivity index (χ0v) is 10.5. The van der Waals surface area contributed by atoms with Crippen LogP contribution in [0.3, 0.4) is 0 Å². The fourth-order valence-corrected chi connectivity index (χ4v) is 1.54. The van der Waals surface area contributed by atoms with Crippen LogP contribution in [0.1, 0.15) is 26.1 Å². The van der Waals surface area contributed by atoms with Crippen molar-refractivity contribution in [3.8, 4) is 11.5 Å². The van der Waals surface area contributed by atoms with Crippen LogP contribution in [-0.2, 0) is 5.54 Å². The minimum atomic E-state index is -0.569. The molecular formula is C12H14ClN3O. The molecule has 5 heteroatoms. The van der Waals surface area contributed by atoms with Crippen LogP contribution in [0.15, 0.2) is 28.8 Å². The van der Waals surface area contributed by atoms with Gasteiger partial charge < -0.3 is 10.3 Å². The highest BCUT2D eigenvalue weighted by molar-refractivity contribution is 6.30. The monoisotopic (exact) mass is 251 g/mol. The maximum absolute atomic E-state index is 6.05. The molecule has 0 amide bonds. The Morgan fingerprint density at radius 3 is 2.88 bits per heavy atom. The fraction of sp³-hybridized carbons (Fsp3) is 0.333. The molecule has 0 fully saturated rings. The lowest BCUT2D eigenvalue weighted by atomic mass is 10.0. The first-order valence-corrected chi connectivity index (χ1v) is 5.80. The lowest BCUT2D eigenvalue weighted by Crippen LogP contribution is -2.33. The summed E-state index contributed by atoms with van der Waals surface area (Å²) in [6.07, 6.45) is 0.738. The molecule has 1 aromatic heterocycles. The maximum Gasteiger partial charge on any atom is 0.258 e. The summed E-state index contributed by atoms with van der Waals surface area (Å²) in [5.74, 6) is 0.947. The Kier molecular flexibility index (Phi) is 3.17. The van der Waals surface area contributed by atoms with Crippen molar-refractivity contribution in [2.75, 3.05) is 0 Å². The zero-order chi connectivity index (χ0) is 12.5. The van der Waals surface area contributed by atoms with Crippen LogP contribution in [-0.4, -0.2) is 10.1 Å². The minimum absolute atomic E-state index is 0.438. The van der Waals surface area contributed by atoms with Gasteiger partial charge in [0.2, 0.25) is 0 Å². The highest BCUT2D eigenvalue weighted by Crippen LogP contribution is 2.24. The summed E-state index contributed by atoms with van der Waals surface area (Å²) in [6, 6.07) is 7.27. The molecule has 1 atom stereocenters. The molecule has 0 saturated carbocycles. The molecule has 4 nitrogen and oxygen atoms in total. The van der Waals surface area contributed by atoms with Gasteiger partial charge in [0, 0.05) is 10.6 Å². The zero-order valence-electron chi connectivity index (χ0n) is 9.77. The average molecular weight is 252 g/mol. The Morgan fingerprint density at radius 1 is 1.47 bits per heavy atom. The highest BCUT2D eigenvalue weighted by Gasteiger charge is 2.25. The fourth-order valence-electron chi connectivity index (χ4n) is 1.35. The molecule has 0 spiro atoms. The second kappa shape index (κ2) is 4.47. The van der Waals surface area contributed by atoms with Gasteiger partial charge in [-0.25, -0.2) is 0 Å². The van der Waals surface area contributed by atoms with E-state index in [1.54, 1.807) is 12.1 Å². The highest BCUT2D eigenvalue weighted by atomic mass is 35.5. The van der Waals surface area contributed by atoms with Crippen LogP contribution in [0.4, 0.5) is 0 Å². The van der Waals surface area contributed by atoms with Crippen molar-refractivity contribution >= 4 is 11.6 Å². The third-order valence-corrected chi connectivity index (χ3v) is 2.98. The molecule has 0 aliphatic rings. The Bertz CT molecular complexity index is 522. The van der Waals surface area contributed by atoms with Crippen molar-refractivity contribution < 1.29 is 4.52 Å². The Morgan fingerprint density at radius 2 is 2.24 bits per heavy atom. The predicted octanol–water partition coefficient (Wildman–Crippen LogP) is 2.97. The summed E-state index contributed by atoms with van der Waals surface area (Å²) in [7, 11) is 0. The van der Waals surface area contributed by atoms with Gasteiger partial charge >= 0.3 is 0 Å². The van der Waals surface area contributed by atoms with Gasteiger partial charge in [-0.1, -0.05) is 29.7 Å². The van der Waals surface area contributed by atoms with Crippen molar-refractivity contribution in [1.82, 2.24) is 10.1 Å². The first-order chi connectivity index (χ1) is 8.03. The molecule has 1 aromatic carbocycles. The molecule has 1 unspecified atom stereocenters. The van der Waals surface area contributed by atoms with Crippen LogP contribution in [0.25, 0.3) is 11.5 Å². The molecule has 0 saturated heterocycles. The van der Waals surface area contributed by atoms with E-state index in [1.807, 2.05) is 26.0 Å². The van der Waals surface area contributed by atoms with Crippen molar-refractivity contribution in [3.63, 3.8) is 0 Å². The van der Waals surface area contributed by atoms with Crippen LogP contribution in [0.5, 0.6) is 0 Å². The van der Waals surface area contributed by atoms with E-state index in [0.29, 0.717) is 16.7 Å². The van der Waals surface area contributed by atoms with E-state index in [1.165, 1.54) is 0 Å². The van der Waals surface area contributed by atoms with E-state index in [2.05, 4.69) is 10.1 Å². The van der Waals surface area contributed by atoms with Gasteiger partial charge in [-0.2, -0.15) is 4.98 Å². The van der Waals surface area contributed by atoms with Gasteiger partial charge in [0.15, 0.2) is 5.82 Å². The van der Waals surface area contributed by atoms with Crippen molar-refractivity contribution in [1.29, 1.82) is 0 Å². The molecule has 0 aliphatic heterocycles. The summed E-state index contributed by atoms with van der Waals surface area (Å²) >= 11 is 5.90. The van der Waals surface area contributed by atoms with Crippen molar-refractivity contribution in [2.24, 2.45) is 5.73 Å². The van der Waals surface area contributed by atoms with Gasteiger partial charge in [-0.3, -0.25) is 0 Å². The van der Waals surface area contributed by atoms with E-state index in [9.17, 15) is 0 Å². The summed E-state index contributed by atoms with van der Waals surface area (Å²) in [5, 5.41) is 4.54. The molecule has 2 aromatic rings. The second-order valence-corrected chi connectivity index (χ2v) is 4.64. The Hall–Kier alpha value is -1.39. The predicted molar refractivity (Wildman–Crippen MR) is 66.6 cm³/mol. The number of hydrogen-bond acceptors (Lipinski definition) is 4. The first-order valence-electron chi connectivity index (χ1n) is 5.42. The summed E-state index contributed by atoms with van der Waals surface area (Å²) in [4.78, 5) is 4.30. The summed E-state index contributed by atoms with van der Waals surface area (Å²) in [5.41, 5.74) is 6.27. The van der Waals surface area contributed by atoms with Crippen molar-refractivity contribution in [3.05, 3.63) is 35.1 Å². The van der Waals surface area contributed by atoms with Crippen LogP contribution in [0.2, 0.25) is 5.02 Å². The molecule has 90 valence electrons. The van der Waals surface area contributed by atoms with Crippen LogP contribution in [0, 0.1) is 0 Å². The third kappa shape index (κ3) is 2.48. The number of benzene rings is 1. The number of nitrogens with zero attached hydrogens (tertiary/aromatic N) is 2. The molecule has 17 heavy (non-hydrogen) atoms. The van der Waals surface area contributed by atoms with Gasteiger partial charge in [0.25, 0.3) is 5.89 Å². The summed E-state index contributed by atoms with van der Waals surface area (Å²) in [6.45, 7) is 3.86. The van der Waals surface area contributed by atoms with E-state index in [4.69, 9.17) is 21.9 Å². The quantitative estimate of drug-likeness (QED) is 0.911. The maximum atomic E-state index is 6.05. The Labute approximate surface area is 105 Å². The second-order valence-electron chi connectivity index (χ2n) is 4.20. The molecular weight excluding hydrogens is 238 g/mol. The molecule has 1 heterocycles. The number of hydrogen-bond donors (Lipinski definition) is 1. The molecule has 0 bridgehead atoms. The number of aromatic nitrogens is 2. The van der Waals surface area contributed by atoms with E-state index >= 15 is 0 Å². The molecule has 0 aliphatic carbocycles. The largest absolute Gasteiger partial charge is 0.334 e. The van der Waals surface area contributed by atoms with Crippen LogP contribution >= 0.6 is 11.6 Å². The third-order valence-electron chi connectivity index (χ3n) is 2.74. The smallest absolute Gasteiger partial charge is 0.258 e.